The zero-order chi connectivity index (χ0) is 17.7. The average Bonchev–Trinajstić information content (AvgIpc) is 3.37. The molecule has 1 aliphatic rings. The van der Waals surface area contributed by atoms with Crippen LogP contribution >= 0.6 is 0 Å². The quantitative estimate of drug-likeness (QED) is 0.583. The Balaban J connectivity index is 1.56. The van der Waals surface area contributed by atoms with Crippen LogP contribution < -0.4 is 0 Å². The smallest absolute Gasteiger partial charge is 0.146 e. The number of aliphatic hydroxyl groups excluding tert-OH is 2. The summed E-state index contributed by atoms with van der Waals surface area (Å²) in [4.78, 5) is 0. The van der Waals surface area contributed by atoms with Crippen LogP contribution in [0.15, 0.2) is 63.4 Å². The number of fused-ring (bicyclic) bond motifs is 3. The van der Waals surface area contributed by atoms with Crippen LogP contribution in [0.25, 0.3) is 33.3 Å². The zero-order valence-corrected chi connectivity index (χ0v) is 14.0. The van der Waals surface area contributed by atoms with Crippen molar-refractivity contribution in [2.75, 3.05) is 6.61 Å². The molecule has 0 radical (unpaired) electrons. The van der Waals surface area contributed by atoms with Gasteiger partial charge in [0.2, 0.25) is 0 Å². The highest BCUT2D eigenvalue weighted by atomic mass is 16.5. The Morgan fingerprint density at radius 3 is 2.62 bits per heavy atom. The van der Waals surface area contributed by atoms with Crippen molar-refractivity contribution in [3.8, 4) is 11.3 Å². The predicted molar refractivity (Wildman–Crippen MR) is 96.7 cm³/mol. The van der Waals surface area contributed by atoms with Crippen molar-refractivity contribution in [1.29, 1.82) is 0 Å². The van der Waals surface area contributed by atoms with Gasteiger partial charge in [-0.3, -0.25) is 0 Å². The summed E-state index contributed by atoms with van der Waals surface area (Å²) in [6.45, 7) is -0.205. The first-order valence-corrected chi connectivity index (χ1v) is 8.69. The van der Waals surface area contributed by atoms with E-state index in [-0.39, 0.29) is 12.7 Å². The molecule has 0 bridgehead atoms. The number of furan rings is 2. The molecule has 5 heteroatoms. The van der Waals surface area contributed by atoms with Gasteiger partial charge in [0.25, 0.3) is 0 Å². The van der Waals surface area contributed by atoms with Crippen LogP contribution in [0.3, 0.4) is 0 Å². The van der Waals surface area contributed by atoms with Gasteiger partial charge in [0.15, 0.2) is 0 Å². The van der Waals surface area contributed by atoms with Crippen LogP contribution in [-0.4, -0.2) is 29.0 Å². The van der Waals surface area contributed by atoms with Crippen LogP contribution in [0, 0.1) is 0 Å². The van der Waals surface area contributed by atoms with E-state index in [1.807, 2.05) is 54.6 Å². The number of para-hydroxylation sites is 2. The summed E-state index contributed by atoms with van der Waals surface area (Å²) in [6, 6.07) is 17.7. The molecule has 3 atom stereocenters. The molecule has 0 saturated carbocycles. The Labute approximate surface area is 149 Å². The van der Waals surface area contributed by atoms with Crippen molar-refractivity contribution in [3.05, 3.63) is 60.4 Å². The zero-order valence-electron chi connectivity index (χ0n) is 14.0. The molecule has 1 aliphatic heterocycles. The monoisotopic (exact) mass is 350 g/mol. The van der Waals surface area contributed by atoms with E-state index < -0.39 is 12.2 Å². The molecule has 0 unspecified atom stereocenters. The standard InChI is InChI=1S/C21H18O5/c22-11-20-15(23)10-19(25-20)18-9-8-17(24-18)14-6-3-5-13-12-4-1-2-7-16(12)26-21(13)14/h1-9,15,19-20,22-23H,10-11H2/t15-,19+,20+/m0/s1. The van der Waals surface area contributed by atoms with E-state index in [4.69, 9.17) is 13.6 Å². The second-order valence-electron chi connectivity index (χ2n) is 6.63. The molecule has 0 amide bonds. The van der Waals surface area contributed by atoms with Gasteiger partial charge >= 0.3 is 0 Å². The fraction of sp³-hybridized carbons (Fsp3) is 0.238. The lowest BCUT2D eigenvalue weighted by Crippen LogP contribution is -2.24. The molecule has 0 spiro atoms. The summed E-state index contributed by atoms with van der Waals surface area (Å²) in [5.74, 6) is 1.33. The first kappa shape index (κ1) is 15.6. The summed E-state index contributed by atoms with van der Waals surface area (Å²) in [7, 11) is 0. The number of ether oxygens (including phenoxy) is 1. The minimum Gasteiger partial charge on any atom is -0.458 e. The summed E-state index contributed by atoms with van der Waals surface area (Å²) in [5.41, 5.74) is 2.51. The van der Waals surface area contributed by atoms with Gasteiger partial charge in [-0.1, -0.05) is 30.3 Å². The van der Waals surface area contributed by atoms with Crippen molar-refractivity contribution in [2.45, 2.75) is 24.7 Å². The summed E-state index contributed by atoms with van der Waals surface area (Å²) in [5, 5.41) is 21.3. The Morgan fingerprint density at radius 1 is 0.923 bits per heavy atom. The highest BCUT2D eigenvalue weighted by Crippen LogP contribution is 2.39. The minimum absolute atomic E-state index is 0.205. The Kier molecular flexibility index (Phi) is 3.60. The second-order valence-corrected chi connectivity index (χ2v) is 6.63. The molecular weight excluding hydrogens is 332 g/mol. The summed E-state index contributed by atoms with van der Waals surface area (Å²) < 4.78 is 17.8. The third kappa shape index (κ3) is 2.36. The van der Waals surface area contributed by atoms with Crippen molar-refractivity contribution < 1.29 is 23.8 Å². The SMILES string of the molecule is OC[C@H]1O[C@@H](c2ccc(-c3cccc4c3oc3ccccc34)o2)C[C@@H]1O. The molecule has 2 aromatic carbocycles. The Bertz CT molecular complexity index is 1080. The third-order valence-electron chi connectivity index (χ3n) is 5.02. The molecule has 4 aromatic rings. The lowest BCUT2D eigenvalue weighted by molar-refractivity contribution is -0.0275. The Morgan fingerprint density at radius 2 is 1.77 bits per heavy atom. The van der Waals surface area contributed by atoms with Gasteiger partial charge in [-0.05, 0) is 24.3 Å². The molecule has 132 valence electrons. The minimum atomic E-state index is -0.683. The molecule has 2 aromatic heterocycles. The van der Waals surface area contributed by atoms with Gasteiger partial charge in [0.1, 0.15) is 34.9 Å². The van der Waals surface area contributed by atoms with E-state index in [2.05, 4.69) is 0 Å². The molecule has 5 rings (SSSR count). The van der Waals surface area contributed by atoms with E-state index in [9.17, 15) is 10.2 Å². The lowest BCUT2D eigenvalue weighted by Gasteiger charge is -2.10. The summed E-state index contributed by atoms with van der Waals surface area (Å²) in [6.07, 6.45) is -1.19. The number of benzene rings is 2. The molecule has 1 fully saturated rings. The topological polar surface area (TPSA) is 76.0 Å². The van der Waals surface area contributed by atoms with E-state index in [0.717, 1.165) is 27.5 Å². The molecular formula is C21H18O5. The average molecular weight is 350 g/mol. The number of hydrogen-bond acceptors (Lipinski definition) is 5. The van der Waals surface area contributed by atoms with Crippen LogP contribution in [-0.2, 0) is 4.74 Å². The predicted octanol–water partition coefficient (Wildman–Crippen LogP) is 4.03. The first-order chi connectivity index (χ1) is 12.7. The molecule has 26 heavy (non-hydrogen) atoms. The maximum atomic E-state index is 9.92. The fourth-order valence-electron chi connectivity index (χ4n) is 3.69. The van der Waals surface area contributed by atoms with E-state index >= 15 is 0 Å². The maximum absolute atomic E-state index is 9.92. The van der Waals surface area contributed by atoms with Gasteiger partial charge in [-0.2, -0.15) is 0 Å². The van der Waals surface area contributed by atoms with Gasteiger partial charge in [0, 0.05) is 17.2 Å². The highest BCUT2D eigenvalue weighted by Gasteiger charge is 2.36. The van der Waals surface area contributed by atoms with Crippen molar-refractivity contribution in [1.82, 2.24) is 0 Å². The van der Waals surface area contributed by atoms with Gasteiger partial charge in [-0.25, -0.2) is 0 Å². The van der Waals surface area contributed by atoms with Crippen molar-refractivity contribution >= 4 is 21.9 Å². The van der Waals surface area contributed by atoms with E-state index in [0.29, 0.717) is 17.9 Å². The number of rotatable bonds is 3. The molecule has 0 aliphatic carbocycles. The molecule has 1 saturated heterocycles. The van der Waals surface area contributed by atoms with Gasteiger partial charge < -0.3 is 23.8 Å². The Hall–Kier alpha value is -2.60. The third-order valence-corrected chi connectivity index (χ3v) is 5.02. The molecule has 2 N–H and O–H groups in total. The molecule has 3 heterocycles. The molecule has 5 nitrogen and oxygen atoms in total. The highest BCUT2D eigenvalue weighted by molar-refractivity contribution is 6.09. The second kappa shape index (κ2) is 5.99. The largest absolute Gasteiger partial charge is 0.458 e. The van der Waals surface area contributed by atoms with E-state index in [1.165, 1.54) is 0 Å². The first-order valence-electron chi connectivity index (χ1n) is 8.69. The normalized spacial score (nSPS) is 23.2. The van der Waals surface area contributed by atoms with Crippen molar-refractivity contribution in [2.24, 2.45) is 0 Å². The maximum Gasteiger partial charge on any atom is 0.146 e. The van der Waals surface area contributed by atoms with Crippen LogP contribution in [0.1, 0.15) is 18.3 Å². The number of aliphatic hydroxyl groups is 2. The van der Waals surface area contributed by atoms with E-state index in [1.54, 1.807) is 0 Å². The lowest BCUT2D eigenvalue weighted by atomic mass is 10.1. The van der Waals surface area contributed by atoms with Crippen molar-refractivity contribution in [3.63, 3.8) is 0 Å². The van der Waals surface area contributed by atoms with Crippen LogP contribution in [0.5, 0.6) is 0 Å². The summed E-state index contributed by atoms with van der Waals surface area (Å²) >= 11 is 0. The van der Waals surface area contributed by atoms with Crippen LogP contribution in [0.4, 0.5) is 0 Å². The fourth-order valence-corrected chi connectivity index (χ4v) is 3.69. The van der Waals surface area contributed by atoms with Gasteiger partial charge in [-0.15, -0.1) is 0 Å². The number of hydrogen-bond donors (Lipinski definition) is 2. The van der Waals surface area contributed by atoms with Crippen LogP contribution in [0.2, 0.25) is 0 Å². The van der Waals surface area contributed by atoms with Gasteiger partial charge in [0.05, 0.1) is 18.3 Å².